The van der Waals surface area contributed by atoms with Crippen molar-refractivity contribution in [3.05, 3.63) is 58.7 Å². The van der Waals surface area contributed by atoms with E-state index in [1.807, 2.05) is 41.5 Å². The maximum absolute atomic E-state index is 11.8. The molecule has 10 nitrogen and oxygen atoms in total. The number of ether oxygens (including phenoxy) is 4. The van der Waals surface area contributed by atoms with E-state index in [1.165, 1.54) is 11.1 Å². The highest BCUT2D eigenvalue weighted by atomic mass is 16.6. The molecule has 4 aliphatic rings. The molecular formula is C38H54N2O8. The maximum Gasteiger partial charge on any atom is 0.306 e. The topological polar surface area (TPSA) is 136 Å². The van der Waals surface area contributed by atoms with Gasteiger partial charge in [-0.3, -0.25) is 9.59 Å². The molecule has 4 N–H and O–H groups in total. The predicted octanol–water partition coefficient (Wildman–Crippen LogP) is 5.93. The molecule has 0 amide bonds. The fraction of sp³-hybridized carbons (Fsp3) is 0.632. The van der Waals surface area contributed by atoms with E-state index in [4.69, 9.17) is 18.9 Å². The maximum atomic E-state index is 11.8. The summed E-state index contributed by atoms with van der Waals surface area (Å²) in [6.07, 6.45) is 4.91. The molecule has 10 heteroatoms. The molecule has 4 aliphatic heterocycles. The summed E-state index contributed by atoms with van der Waals surface area (Å²) < 4.78 is 22.2. The van der Waals surface area contributed by atoms with E-state index in [-0.39, 0.29) is 36.2 Å². The van der Waals surface area contributed by atoms with Crippen LogP contribution in [0.3, 0.4) is 0 Å². The molecule has 0 unspecified atom stereocenters. The fourth-order valence-electron chi connectivity index (χ4n) is 6.71. The predicted molar refractivity (Wildman–Crippen MR) is 184 cm³/mol. The van der Waals surface area contributed by atoms with Crippen molar-refractivity contribution in [2.24, 2.45) is 0 Å². The molecule has 2 aromatic carbocycles. The number of fused-ring (bicyclic) bond motifs is 8. The number of hydrogen-bond acceptors (Lipinski definition) is 10. The molecule has 4 heterocycles. The first-order valence-corrected chi connectivity index (χ1v) is 17.5. The zero-order valence-corrected chi connectivity index (χ0v) is 29.3. The Kier molecular flexibility index (Phi) is 11.4. The lowest BCUT2D eigenvalue weighted by atomic mass is 9.88. The number of carbonyl (C=O) groups excluding carboxylic acids is 2. The number of anilines is 2. The first kappa shape index (κ1) is 36.1. The number of aliphatic hydroxyl groups excluding tert-OH is 2. The molecule has 4 bridgehead atoms. The number of esters is 2. The number of benzene rings is 2. The van der Waals surface area contributed by atoms with E-state index >= 15 is 0 Å². The van der Waals surface area contributed by atoms with Gasteiger partial charge in [-0.05, 0) is 90.5 Å². The second kappa shape index (κ2) is 15.2. The Labute approximate surface area is 284 Å². The molecule has 264 valence electrons. The highest BCUT2D eigenvalue weighted by molar-refractivity contribution is 5.70. The summed E-state index contributed by atoms with van der Waals surface area (Å²) in [6, 6.07) is 12.7. The monoisotopic (exact) mass is 666 g/mol. The van der Waals surface area contributed by atoms with Crippen molar-refractivity contribution < 1.29 is 38.7 Å². The van der Waals surface area contributed by atoms with Crippen molar-refractivity contribution in [1.82, 2.24) is 0 Å². The average molecular weight is 667 g/mol. The minimum absolute atomic E-state index is 0.0560. The van der Waals surface area contributed by atoms with Gasteiger partial charge >= 0.3 is 11.9 Å². The Balaban J connectivity index is 0.000000188. The SMILES string of the molecule is CC(C)(C)OC(=O)CCCc1ccc2c(c1)[C@@H]1C[C@H](N2)[C@H](O)CO1.CC(C)(C)OC(=O)CCCc1ccc2c(c1)[C@H]1C[C@@H](N2)[C@H](O)CO1. The standard InChI is InChI=1S/2C19H27NO4/c2*1-19(2,3)24-18(22)6-4-5-12-7-8-14-13(9-12)17-10-15(20-14)16(21)11-23-17/h2*7-9,15-17,20-21H,4-6,10-11H2,1-3H3/t15-,16+,17-;15-,16-,17-/m01/s1. The summed E-state index contributed by atoms with van der Waals surface area (Å²) in [7, 11) is 0. The first-order chi connectivity index (χ1) is 22.6. The number of rotatable bonds is 8. The van der Waals surface area contributed by atoms with Gasteiger partial charge in [-0.2, -0.15) is 0 Å². The third kappa shape index (κ3) is 9.94. The van der Waals surface area contributed by atoms with Crippen LogP contribution in [-0.4, -0.2) is 70.9 Å². The van der Waals surface area contributed by atoms with Crippen LogP contribution in [0.2, 0.25) is 0 Å². The van der Waals surface area contributed by atoms with Crippen LogP contribution in [-0.2, 0) is 41.4 Å². The molecular weight excluding hydrogens is 612 g/mol. The number of aryl methyl sites for hydroxylation is 2. The van der Waals surface area contributed by atoms with Gasteiger partial charge in [0.05, 0.1) is 49.7 Å². The van der Waals surface area contributed by atoms with Crippen molar-refractivity contribution >= 4 is 23.3 Å². The van der Waals surface area contributed by atoms with Crippen molar-refractivity contribution in [3.63, 3.8) is 0 Å². The van der Waals surface area contributed by atoms with E-state index in [0.29, 0.717) is 26.1 Å². The van der Waals surface area contributed by atoms with Crippen molar-refractivity contribution in [3.8, 4) is 0 Å². The summed E-state index contributed by atoms with van der Waals surface area (Å²) in [5.41, 5.74) is 5.97. The van der Waals surface area contributed by atoms with Gasteiger partial charge < -0.3 is 39.8 Å². The van der Waals surface area contributed by atoms with Gasteiger partial charge in [0.15, 0.2) is 0 Å². The smallest absolute Gasteiger partial charge is 0.306 e. The summed E-state index contributed by atoms with van der Waals surface area (Å²) >= 11 is 0. The zero-order chi connectivity index (χ0) is 34.6. The Hall–Kier alpha value is -3.18. The van der Waals surface area contributed by atoms with Crippen LogP contribution < -0.4 is 10.6 Å². The summed E-state index contributed by atoms with van der Waals surface area (Å²) in [4.78, 5) is 23.6. The normalized spacial score (nSPS) is 25.6. The van der Waals surface area contributed by atoms with E-state index in [1.54, 1.807) is 0 Å². The Bertz CT molecular complexity index is 1320. The van der Waals surface area contributed by atoms with Crippen LogP contribution in [0.15, 0.2) is 36.4 Å². The molecule has 0 aromatic heterocycles. The molecule has 0 saturated carbocycles. The highest BCUT2D eigenvalue weighted by Crippen LogP contribution is 2.41. The van der Waals surface area contributed by atoms with Crippen LogP contribution in [0, 0.1) is 0 Å². The lowest BCUT2D eigenvalue weighted by Gasteiger charge is -2.40. The first-order valence-electron chi connectivity index (χ1n) is 17.5. The summed E-state index contributed by atoms with van der Waals surface area (Å²) in [6.45, 7) is 12.1. The largest absolute Gasteiger partial charge is 0.460 e. The van der Waals surface area contributed by atoms with Gasteiger partial charge in [-0.1, -0.05) is 24.3 Å². The average Bonchev–Trinajstić information content (AvgIpc) is 3.00. The third-order valence-electron chi connectivity index (χ3n) is 8.94. The number of aliphatic hydroxyl groups is 2. The summed E-state index contributed by atoms with van der Waals surface area (Å²) in [5.74, 6) is -0.288. The van der Waals surface area contributed by atoms with E-state index in [2.05, 4.69) is 47.0 Å². The van der Waals surface area contributed by atoms with Gasteiger partial charge in [0, 0.05) is 48.2 Å². The quantitative estimate of drug-likeness (QED) is 0.251. The molecule has 2 aromatic rings. The second-order valence-corrected chi connectivity index (χ2v) is 15.5. The van der Waals surface area contributed by atoms with Crippen LogP contribution in [0.1, 0.15) is 115 Å². The van der Waals surface area contributed by atoms with Crippen molar-refractivity contribution in [2.45, 2.75) is 141 Å². The lowest BCUT2D eigenvalue weighted by molar-refractivity contribution is -0.156. The highest BCUT2D eigenvalue weighted by Gasteiger charge is 2.37. The number of carbonyl (C=O) groups is 2. The van der Waals surface area contributed by atoms with E-state index in [9.17, 15) is 19.8 Å². The third-order valence-corrected chi connectivity index (χ3v) is 8.94. The van der Waals surface area contributed by atoms with Gasteiger partial charge in [0.1, 0.15) is 11.2 Å². The molecule has 48 heavy (non-hydrogen) atoms. The van der Waals surface area contributed by atoms with Gasteiger partial charge in [-0.25, -0.2) is 0 Å². The molecule has 0 spiro atoms. The minimum atomic E-state index is -0.442. The van der Waals surface area contributed by atoms with Crippen LogP contribution in [0.4, 0.5) is 11.4 Å². The Morgan fingerprint density at radius 3 is 1.48 bits per heavy atom. The second-order valence-electron chi connectivity index (χ2n) is 15.5. The van der Waals surface area contributed by atoms with Crippen LogP contribution >= 0.6 is 0 Å². The fourth-order valence-corrected chi connectivity index (χ4v) is 6.71. The number of nitrogens with one attached hydrogen (secondary N) is 2. The zero-order valence-electron chi connectivity index (χ0n) is 29.3. The molecule has 0 aliphatic carbocycles. The summed E-state index contributed by atoms with van der Waals surface area (Å²) in [5, 5.41) is 26.6. The Morgan fingerprint density at radius 2 is 1.10 bits per heavy atom. The molecule has 2 fully saturated rings. The van der Waals surface area contributed by atoms with Gasteiger partial charge in [0.25, 0.3) is 0 Å². The van der Waals surface area contributed by atoms with E-state index < -0.39 is 23.4 Å². The molecule has 2 saturated heterocycles. The van der Waals surface area contributed by atoms with Crippen LogP contribution in [0.25, 0.3) is 0 Å². The van der Waals surface area contributed by atoms with Gasteiger partial charge in [0.2, 0.25) is 0 Å². The van der Waals surface area contributed by atoms with Crippen molar-refractivity contribution in [1.29, 1.82) is 0 Å². The number of hydrogen-bond donors (Lipinski definition) is 4. The molecule has 6 atom stereocenters. The minimum Gasteiger partial charge on any atom is -0.460 e. The van der Waals surface area contributed by atoms with Crippen molar-refractivity contribution in [2.75, 3.05) is 23.8 Å². The molecule has 6 rings (SSSR count). The lowest BCUT2D eigenvalue weighted by Crippen LogP contribution is -2.45. The van der Waals surface area contributed by atoms with Crippen LogP contribution in [0.5, 0.6) is 0 Å². The van der Waals surface area contributed by atoms with Gasteiger partial charge in [-0.15, -0.1) is 0 Å². The molecule has 0 radical (unpaired) electrons. The Morgan fingerprint density at radius 1 is 0.708 bits per heavy atom. The van der Waals surface area contributed by atoms with E-state index in [0.717, 1.165) is 61.0 Å².